The van der Waals surface area contributed by atoms with E-state index >= 15 is 0 Å². The van der Waals surface area contributed by atoms with Crippen LogP contribution < -0.4 is 5.32 Å². The van der Waals surface area contributed by atoms with Crippen molar-refractivity contribution in [1.29, 1.82) is 0 Å². The summed E-state index contributed by atoms with van der Waals surface area (Å²) in [5, 5.41) is 2.97. The second-order valence-electron chi connectivity index (χ2n) is 8.62. The monoisotopic (exact) mass is 432 g/mol. The summed E-state index contributed by atoms with van der Waals surface area (Å²) in [5.74, 6) is -2.29. The second-order valence-corrected chi connectivity index (χ2v) is 8.62. The van der Waals surface area contributed by atoms with Crippen LogP contribution in [0.15, 0.2) is 24.3 Å². The van der Waals surface area contributed by atoms with Crippen LogP contribution in [0.1, 0.15) is 93.4 Å². The number of benzene rings is 1. The molecule has 0 aliphatic carbocycles. The molecule has 1 aromatic carbocycles. The summed E-state index contributed by atoms with van der Waals surface area (Å²) in [4.78, 5) is 55.0. The number of fused-ring (bicyclic) bond motifs is 1. The molecule has 1 aliphatic heterocycles. The van der Waals surface area contributed by atoms with E-state index in [1.807, 2.05) is 0 Å². The molecule has 1 unspecified atom stereocenters. The van der Waals surface area contributed by atoms with Crippen LogP contribution in [0.3, 0.4) is 0 Å². The lowest BCUT2D eigenvalue weighted by molar-refractivity contribution is -0.171. The third-order valence-corrected chi connectivity index (χ3v) is 4.76. The first-order valence-corrected chi connectivity index (χ1v) is 10.8. The number of ether oxygens (including phenoxy) is 1. The highest BCUT2D eigenvalue weighted by atomic mass is 16.7. The van der Waals surface area contributed by atoms with Gasteiger partial charge in [-0.25, -0.2) is 9.59 Å². The van der Waals surface area contributed by atoms with Gasteiger partial charge in [0, 0.05) is 0 Å². The Bertz CT molecular complexity index is 780. The van der Waals surface area contributed by atoms with Gasteiger partial charge in [-0.15, -0.1) is 0 Å². The summed E-state index contributed by atoms with van der Waals surface area (Å²) in [6.45, 7) is 7.28. The molecule has 1 N–H and O–H groups in total. The van der Waals surface area contributed by atoms with Gasteiger partial charge < -0.3 is 14.9 Å². The van der Waals surface area contributed by atoms with E-state index in [-0.39, 0.29) is 11.1 Å². The number of hydrogen-bond donors (Lipinski definition) is 1. The van der Waals surface area contributed by atoms with Gasteiger partial charge in [-0.2, -0.15) is 0 Å². The summed E-state index contributed by atoms with van der Waals surface area (Å²) in [6, 6.07) is 5.21. The van der Waals surface area contributed by atoms with Crippen molar-refractivity contribution >= 4 is 23.9 Å². The normalized spacial score (nSPS) is 14.3. The number of nitrogens with zero attached hydrogens (tertiary/aromatic N) is 1. The lowest BCUT2D eigenvalue weighted by Crippen LogP contribution is -2.47. The predicted octanol–water partition coefficient (Wildman–Crippen LogP) is 4.38. The molecule has 1 aromatic rings. The molecule has 1 heterocycles. The zero-order chi connectivity index (χ0) is 23.0. The number of carbonyl (C=O) groups excluding carboxylic acids is 4. The van der Waals surface area contributed by atoms with Crippen molar-refractivity contribution in [1.82, 2.24) is 10.4 Å². The maximum Gasteiger partial charge on any atom is 0.408 e. The summed E-state index contributed by atoms with van der Waals surface area (Å²) in [6.07, 6.45) is 5.56. The van der Waals surface area contributed by atoms with Crippen molar-refractivity contribution in [3.8, 4) is 0 Å². The Kier molecular flexibility index (Phi) is 8.59. The molecule has 1 aliphatic rings. The molecular formula is C23H32N2O6. The number of hydrogen-bond acceptors (Lipinski definition) is 6. The number of hydroxylamine groups is 2. The summed E-state index contributed by atoms with van der Waals surface area (Å²) in [5.41, 5.74) is -0.387. The van der Waals surface area contributed by atoms with E-state index in [0.29, 0.717) is 17.9 Å². The van der Waals surface area contributed by atoms with Gasteiger partial charge in [0.25, 0.3) is 11.8 Å². The molecule has 8 nitrogen and oxygen atoms in total. The summed E-state index contributed by atoms with van der Waals surface area (Å²) in [7, 11) is 0. The first-order valence-electron chi connectivity index (χ1n) is 10.8. The number of unbranched alkanes of at least 4 members (excludes halogenated alkanes) is 5. The largest absolute Gasteiger partial charge is 0.444 e. The van der Waals surface area contributed by atoms with Crippen molar-refractivity contribution in [3.63, 3.8) is 0 Å². The van der Waals surface area contributed by atoms with E-state index < -0.39 is 35.5 Å². The third-order valence-electron chi connectivity index (χ3n) is 4.76. The van der Waals surface area contributed by atoms with Crippen LogP contribution in [-0.2, 0) is 14.4 Å². The van der Waals surface area contributed by atoms with Crippen molar-refractivity contribution in [2.75, 3.05) is 0 Å². The fourth-order valence-electron chi connectivity index (χ4n) is 3.23. The number of nitrogens with one attached hydrogen (secondary N) is 1. The van der Waals surface area contributed by atoms with Crippen molar-refractivity contribution in [3.05, 3.63) is 35.4 Å². The summed E-state index contributed by atoms with van der Waals surface area (Å²) < 4.78 is 5.24. The summed E-state index contributed by atoms with van der Waals surface area (Å²) >= 11 is 0. The maximum absolute atomic E-state index is 12.8. The minimum atomic E-state index is -1.04. The minimum absolute atomic E-state index is 0.174. The molecule has 2 rings (SSSR count). The third kappa shape index (κ3) is 7.08. The Labute approximate surface area is 183 Å². The molecule has 0 bridgehead atoms. The van der Waals surface area contributed by atoms with E-state index in [4.69, 9.17) is 9.57 Å². The highest BCUT2D eigenvalue weighted by Gasteiger charge is 2.40. The predicted molar refractivity (Wildman–Crippen MR) is 114 cm³/mol. The molecule has 170 valence electrons. The number of imide groups is 1. The Balaban J connectivity index is 2.02. The first-order chi connectivity index (χ1) is 14.6. The van der Waals surface area contributed by atoms with Crippen molar-refractivity contribution in [2.45, 2.75) is 84.3 Å². The molecule has 8 heteroatoms. The van der Waals surface area contributed by atoms with Crippen LogP contribution in [0.2, 0.25) is 0 Å². The van der Waals surface area contributed by atoms with Gasteiger partial charge in [0.1, 0.15) is 11.6 Å². The lowest BCUT2D eigenvalue weighted by Gasteiger charge is -2.23. The Morgan fingerprint density at radius 2 is 1.52 bits per heavy atom. The highest BCUT2D eigenvalue weighted by Crippen LogP contribution is 2.23. The smallest absolute Gasteiger partial charge is 0.408 e. The van der Waals surface area contributed by atoms with Gasteiger partial charge in [-0.3, -0.25) is 9.59 Å². The minimum Gasteiger partial charge on any atom is -0.444 e. The van der Waals surface area contributed by atoms with Crippen molar-refractivity contribution < 1.29 is 28.8 Å². The topological polar surface area (TPSA) is 102 Å². The van der Waals surface area contributed by atoms with Crippen molar-refractivity contribution in [2.24, 2.45) is 0 Å². The molecule has 3 amide bonds. The Hall–Kier alpha value is -2.90. The van der Waals surface area contributed by atoms with Crippen LogP contribution in [0.25, 0.3) is 0 Å². The van der Waals surface area contributed by atoms with Crippen LogP contribution in [-0.4, -0.2) is 40.6 Å². The Morgan fingerprint density at radius 1 is 0.968 bits per heavy atom. The molecule has 0 spiro atoms. The molecular weight excluding hydrogens is 400 g/mol. The van der Waals surface area contributed by atoms with E-state index in [2.05, 4.69) is 12.2 Å². The number of amides is 3. The quantitative estimate of drug-likeness (QED) is 0.435. The van der Waals surface area contributed by atoms with Gasteiger partial charge in [-0.1, -0.05) is 62.6 Å². The van der Waals surface area contributed by atoms with E-state index in [9.17, 15) is 19.2 Å². The average molecular weight is 433 g/mol. The molecule has 1 atom stereocenters. The van der Waals surface area contributed by atoms with Crippen LogP contribution in [0, 0.1) is 0 Å². The number of alkyl carbamates (subject to hydrolysis) is 1. The highest BCUT2D eigenvalue weighted by molar-refractivity contribution is 6.20. The van der Waals surface area contributed by atoms with Gasteiger partial charge in [0.05, 0.1) is 11.1 Å². The van der Waals surface area contributed by atoms with E-state index in [1.165, 1.54) is 12.1 Å². The number of rotatable bonds is 10. The molecule has 0 saturated heterocycles. The molecule has 0 saturated carbocycles. The fourth-order valence-corrected chi connectivity index (χ4v) is 3.23. The average Bonchev–Trinajstić information content (AvgIpc) is 2.93. The van der Waals surface area contributed by atoms with Crippen LogP contribution in [0.4, 0.5) is 4.79 Å². The SMILES string of the molecule is CCCCCCCCC(NC(=O)OC(C)(C)C)C(=O)ON1C(=O)c2ccccc2C1=O. The fraction of sp³-hybridized carbons (Fsp3) is 0.565. The Morgan fingerprint density at radius 3 is 2.06 bits per heavy atom. The number of carbonyl (C=O) groups is 4. The second kappa shape index (κ2) is 10.9. The first kappa shape index (κ1) is 24.4. The van der Waals surface area contributed by atoms with E-state index in [0.717, 1.165) is 32.1 Å². The van der Waals surface area contributed by atoms with Crippen LogP contribution in [0.5, 0.6) is 0 Å². The molecule has 0 fully saturated rings. The maximum atomic E-state index is 12.8. The van der Waals surface area contributed by atoms with Gasteiger partial charge in [-0.05, 0) is 39.3 Å². The van der Waals surface area contributed by atoms with Gasteiger partial charge >= 0.3 is 12.1 Å². The van der Waals surface area contributed by atoms with Crippen LogP contribution >= 0.6 is 0 Å². The zero-order valence-electron chi connectivity index (χ0n) is 18.7. The van der Waals surface area contributed by atoms with Gasteiger partial charge in [0.15, 0.2) is 0 Å². The molecule has 31 heavy (non-hydrogen) atoms. The van der Waals surface area contributed by atoms with Gasteiger partial charge in [0.2, 0.25) is 0 Å². The lowest BCUT2D eigenvalue weighted by atomic mass is 10.1. The van der Waals surface area contributed by atoms with E-state index in [1.54, 1.807) is 32.9 Å². The molecule has 0 radical (unpaired) electrons. The standard InChI is InChI=1S/C23H32N2O6/c1-5-6-7-8-9-10-15-18(24-22(29)30-23(2,3)4)21(28)31-25-19(26)16-13-11-12-14-17(16)20(25)27/h11-14,18H,5-10,15H2,1-4H3,(H,24,29). The molecule has 0 aromatic heterocycles. The zero-order valence-corrected chi connectivity index (χ0v) is 18.7.